The molecule has 0 aromatic heterocycles. The number of primary amides is 1. The molecule has 4 N–H and O–H groups in total. The first kappa shape index (κ1) is 35.9. The largest absolute Gasteiger partial charge is 0.497 e. The monoisotopic (exact) mass is 723 g/mol. The van der Waals surface area contributed by atoms with Crippen LogP contribution in [-0.2, 0) is 20.9 Å². The van der Waals surface area contributed by atoms with Crippen LogP contribution < -0.4 is 30.9 Å². The van der Waals surface area contributed by atoms with Gasteiger partial charge in [0, 0.05) is 88.6 Å². The minimum absolute atomic E-state index is 0.0649. The zero-order valence-electron chi connectivity index (χ0n) is 29.8. The van der Waals surface area contributed by atoms with E-state index in [0.717, 1.165) is 78.8 Å². The van der Waals surface area contributed by atoms with E-state index >= 15 is 0 Å². The molecule has 0 saturated carbocycles. The number of amides is 5. The van der Waals surface area contributed by atoms with Crippen molar-refractivity contribution < 1.29 is 33.4 Å². The zero-order valence-corrected chi connectivity index (χ0v) is 29.8. The van der Waals surface area contributed by atoms with E-state index in [2.05, 4.69) is 25.3 Å². The number of piperidine rings is 1. The van der Waals surface area contributed by atoms with Gasteiger partial charge in [0.05, 0.1) is 23.8 Å². The summed E-state index contributed by atoms with van der Waals surface area (Å²) >= 11 is 0. The van der Waals surface area contributed by atoms with Gasteiger partial charge in [0.25, 0.3) is 17.7 Å². The van der Waals surface area contributed by atoms with Gasteiger partial charge in [-0.05, 0) is 73.4 Å². The number of nitrogens with one attached hydrogen (secondary N) is 2. The number of fused-ring (bicyclic) bond motifs is 1. The number of hydrogen-bond donors (Lipinski definition) is 3. The molecule has 7 rings (SSSR count). The van der Waals surface area contributed by atoms with Crippen molar-refractivity contribution in [2.24, 2.45) is 5.73 Å². The number of anilines is 3. The van der Waals surface area contributed by atoms with Gasteiger partial charge in [-0.3, -0.25) is 39.1 Å². The Balaban J connectivity index is 1.04. The number of nitrogens with two attached hydrogens (primary N) is 1. The fraction of sp³-hybridized carbons (Fsp3) is 0.410. The average molecular weight is 724 g/mol. The predicted molar refractivity (Wildman–Crippen MR) is 198 cm³/mol. The van der Waals surface area contributed by atoms with Crippen LogP contribution in [0.2, 0.25) is 0 Å². The van der Waals surface area contributed by atoms with Crippen LogP contribution in [0, 0.1) is 0 Å². The number of ether oxygens (including phenoxy) is 2. The molecule has 53 heavy (non-hydrogen) atoms. The maximum atomic E-state index is 13.6. The number of methoxy groups -OCH3 is 1. The summed E-state index contributed by atoms with van der Waals surface area (Å²) in [5.74, 6) is -1.80. The summed E-state index contributed by atoms with van der Waals surface area (Å²) in [5.41, 5.74) is 10.3. The van der Waals surface area contributed by atoms with Gasteiger partial charge in [0.2, 0.25) is 11.8 Å². The molecule has 0 aliphatic carbocycles. The first-order valence-electron chi connectivity index (χ1n) is 18.2. The molecule has 1 atom stereocenters. The first-order valence-corrected chi connectivity index (χ1v) is 18.2. The molecule has 3 aromatic rings. The third kappa shape index (κ3) is 7.83. The number of hydrogen-bond acceptors (Lipinski definition) is 11. The Morgan fingerprint density at radius 2 is 1.66 bits per heavy atom. The van der Waals surface area contributed by atoms with Gasteiger partial charge in [-0.25, -0.2) is 0 Å². The average Bonchev–Trinajstić information content (AvgIpc) is 3.42. The zero-order chi connectivity index (χ0) is 37.1. The molecule has 5 amide bonds. The number of benzene rings is 3. The lowest BCUT2D eigenvalue weighted by Gasteiger charge is -2.37. The first-order chi connectivity index (χ1) is 25.7. The number of nitrogens with zero attached hydrogens (tertiary/aromatic N) is 4. The highest BCUT2D eigenvalue weighted by Gasteiger charge is 2.44. The predicted octanol–water partition coefficient (Wildman–Crippen LogP) is 2.62. The van der Waals surface area contributed by atoms with Crippen LogP contribution in [0.1, 0.15) is 62.3 Å². The SMILES string of the molecule is COc1ccc(CN(CCN2CCN(c3ccc(C(N)=O)c(NC4CCOCC4)c3)CC2)c2ccc3c(c2)C(=O)N(C2CCC(=O)NC2=O)C3=O)cc1. The summed E-state index contributed by atoms with van der Waals surface area (Å²) < 4.78 is 10.9. The third-order valence-electron chi connectivity index (χ3n) is 10.6. The molecule has 4 aliphatic rings. The van der Waals surface area contributed by atoms with Crippen LogP contribution in [0.4, 0.5) is 17.1 Å². The topological polar surface area (TPSA) is 167 Å². The summed E-state index contributed by atoms with van der Waals surface area (Å²) in [4.78, 5) is 71.4. The summed E-state index contributed by atoms with van der Waals surface area (Å²) in [6, 6.07) is 18.1. The Labute approximate surface area is 308 Å². The van der Waals surface area contributed by atoms with Crippen LogP contribution in [-0.4, -0.2) is 111 Å². The highest BCUT2D eigenvalue weighted by molar-refractivity contribution is 6.23. The minimum atomic E-state index is -1.02. The van der Waals surface area contributed by atoms with Crippen LogP contribution in [0.25, 0.3) is 0 Å². The van der Waals surface area contributed by atoms with Gasteiger partial charge >= 0.3 is 0 Å². The van der Waals surface area contributed by atoms with Gasteiger partial charge < -0.3 is 30.3 Å². The summed E-state index contributed by atoms with van der Waals surface area (Å²) in [6.07, 6.45) is 1.91. The number of carbonyl (C=O) groups is 5. The standard InChI is InChI=1S/C39H45N7O7/c1-52-29-6-2-25(3-7-29)24-45(27-4-8-30-32(22-27)39(51)46(38(30)50)34-10-11-35(47)42-37(34)49)19-16-43-14-17-44(18-15-43)28-5-9-31(36(40)48)33(23-28)41-26-12-20-53-21-13-26/h2-9,22-23,26,34,41H,10-21,24H2,1H3,(H2,40,48)(H,42,47,49). The number of imide groups is 2. The van der Waals surface area contributed by atoms with Crippen molar-refractivity contribution in [3.63, 3.8) is 0 Å². The Hall–Kier alpha value is -5.47. The van der Waals surface area contributed by atoms with E-state index in [1.54, 1.807) is 19.2 Å². The highest BCUT2D eigenvalue weighted by atomic mass is 16.5. The van der Waals surface area contributed by atoms with Crippen molar-refractivity contribution in [2.75, 3.05) is 74.7 Å². The molecule has 278 valence electrons. The molecule has 1 unspecified atom stereocenters. The Morgan fingerprint density at radius 1 is 0.925 bits per heavy atom. The fourth-order valence-corrected chi connectivity index (χ4v) is 7.52. The summed E-state index contributed by atoms with van der Waals surface area (Å²) in [6.45, 7) is 6.60. The van der Waals surface area contributed by atoms with E-state index in [0.29, 0.717) is 31.9 Å². The van der Waals surface area contributed by atoms with Crippen molar-refractivity contribution in [3.8, 4) is 5.75 Å². The van der Waals surface area contributed by atoms with E-state index in [1.807, 2.05) is 48.5 Å². The molecule has 0 bridgehead atoms. The van der Waals surface area contributed by atoms with Crippen molar-refractivity contribution in [1.82, 2.24) is 15.1 Å². The van der Waals surface area contributed by atoms with Crippen molar-refractivity contribution in [2.45, 2.75) is 44.3 Å². The number of carbonyl (C=O) groups excluding carboxylic acids is 5. The van der Waals surface area contributed by atoms with E-state index in [-0.39, 0.29) is 30.0 Å². The molecular formula is C39H45N7O7. The second kappa shape index (κ2) is 15.6. The van der Waals surface area contributed by atoms with E-state index in [1.165, 1.54) is 0 Å². The summed E-state index contributed by atoms with van der Waals surface area (Å²) in [7, 11) is 1.63. The van der Waals surface area contributed by atoms with Crippen molar-refractivity contribution in [3.05, 3.63) is 82.9 Å². The lowest BCUT2D eigenvalue weighted by molar-refractivity contribution is -0.136. The number of rotatable bonds is 12. The summed E-state index contributed by atoms with van der Waals surface area (Å²) in [5, 5.41) is 5.78. The van der Waals surface area contributed by atoms with Gasteiger partial charge in [-0.15, -0.1) is 0 Å². The maximum Gasteiger partial charge on any atom is 0.262 e. The van der Waals surface area contributed by atoms with Crippen molar-refractivity contribution >= 4 is 46.6 Å². The number of piperazine rings is 1. The smallest absolute Gasteiger partial charge is 0.262 e. The molecule has 3 fully saturated rings. The molecule has 3 aromatic carbocycles. The van der Waals surface area contributed by atoms with E-state index in [4.69, 9.17) is 15.2 Å². The van der Waals surface area contributed by atoms with E-state index < -0.39 is 35.6 Å². The molecule has 0 spiro atoms. The van der Waals surface area contributed by atoms with Gasteiger partial charge in [-0.2, -0.15) is 0 Å². The molecule has 14 nitrogen and oxygen atoms in total. The van der Waals surface area contributed by atoms with E-state index in [9.17, 15) is 24.0 Å². The molecular weight excluding hydrogens is 678 g/mol. The van der Waals surface area contributed by atoms with Gasteiger partial charge in [0.1, 0.15) is 11.8 Å². The van der Waals surface area contributed by atoms with Crippen molar-refractivity contribution in [1.29, 1.82) is 0 Å². The van der Waals surface area contributed by atoms with Crippen LogP contribution in [0.15, 0.2) is 60.7 Å². The fourth-order valence-electron chi connectivity index (χ4n) is 7.52. The molecule has 0 radical (unpaired) electrons. The Kier molecular flexibility index (Phi) is 10.6. The normalized spacial score (nSPS) is 19.6. The van der Waals surface area contributed by atoms with Crippen LogP contribution in [0.5, 0.6) is 5.75 Å². The molecule has 14 heteroatoms. The third-order valence-corrected chi connectivity index (χ3v) is 10.6. The molecule has 4 heterocycles. The Morgan fingerprint density at radius 3 is 2.36 bits per heavy atom. The van der Waals surface area contributed by atoms with Gasteiger partial charge in [-0.1, -0.05) is 12.1 Å². The maximum absolute atomic E-state index is 13.6. The lowest BCUT2D eigenvalue weighted by Crippen LogP contribution is -2.54. The highest BCUT2D eigenvalue weighted by Crippen LogP contribution is 2.32. The van der Waals surface area contributed by atoms with Gasteiger partial charge in [0.15, 0.2) is 0 Å². The van der Waals surface area contributed by atoms with Crippen LogP contribution in [0.3, 0.4) is 0 Å². The quantitative estimate of drug-likeness (QED) is 0.235. The second-order valence-electron chi connectivity index (χ2n) is 13.9. The molecule has 4 aliphatic heterocycles. The van der Waals surface area contributed by atoms with Crippen LogP contribution >= 0.6 is 0 Å². The molecule has 3 saturated heterocycles. The second-order valence-corrected chi connectivity index (χ2v) is 13.9. The lowest BCUT2D eigenvalue weighted by atomic mass is 10.0. The Bertz CT molecular complexity index is 1890. The minimum Gasteiger partial charge on any atom is -0.497 e.